The van der Waals surface area contributed by atoms with E-state index in [9.17, 15) is 14.4 Å². The minimum absolute atomic E-state index is 0.229. The molecule has 0 saturated heterocycles. The first-order valence-electron chi connectivity index (χ1n) is 5.70. The summed E-state index contributed by atoms with van der Waals surface area (Å²) in [5.74, 6) is -0.628. The lowest BCUT2D eigenvalue weighted by molar-refractivity contribution is -0.122. The minimum atomic E-state index is -0.687. The summed E-state index contributed by atoms with van der Waals surface area (Å²) in [4.78, 5) is 33.7. The molecule has 0 aliphatic rings. The van der Waals surface area contributed by atoms with Crippen LogP contribution in [0.2, 0.25) is 0 Å². The van der Waals surface area contributed by atoms with Crippen molar-refractivity contribution in [2.45, 2.75) is 18.9 Å². The average Bonchev–Trinajstić information content (AvgIpc) is 2.43. The topological polar surface area (TPSA) is 75.3 Å². The van der Waals surface area contributed by atoms with E-state index in [1.54, 1.807) is 30.3 Å². The maximum atomic E-state index is 11.9. The van der Waals surface area contributed by atoms with Crippen molar-refractivity contribution < 1.29 is 14.4 Å². The Balaban J connectivity index is 2.68. The van der Waals surface area contributed by atoms with E-state index in [4.69, 9.17) is 0 Å². The highest BCUT2D eigenvalue weighted by molar-refractivity contribution is 5.97. The van der Waals surface area contributed by atoms with E-state index in [1.807, 2.05) is 0 Å². The van der Waals surface area contributed by atoms with Gasteiger partial charge in [-0.15, -0.1) is 0 Å². The van der Waals surface area contributed by atoms with Gasteiger partial charge in [0.2, 0.25) is 5.91 Å². The Morgan fingerprint density at radius 2 is 1.94 bits per heavy atom. The first-order chi connectivity index (χ1) is 8.69. The standard InChI is InChI=1S/C13H16N2O3/c1-14-13(18)11(8-5-9-16)15-12(17)10-6-3-2-4-7-10/h2-4,6-7,9,11H,5,8H2,1H3,(H,14,18)(H,15,17). The van der Waals surface area contributed by atoms with Crippen molar-refractivity contribution in [3.63, 3.8) is 0 Å². The van der Waals surface area contributed by atoms with Gasteiger partial charge in [-0.2, -0.15) is 0 Å². The molecule has 2 amide bonds. The van der Waals surface area contributed by atoms with E-state index in [-0.39, 0.29) is 18.2 Å². The molecule has 2 N–H and O–H groups in total. The summed E-state index contributed by atoms with van der Waals surface area (Å²) in [5, 5.41) is 5.07. The second-order valence-electron chi connectivity index (χ2n) is 3.75. The maximum absolute atomic E-state index is 11.9. The van der Waals surface area contributed by atoms with E-state index < -0.39 is 6.04 Å². The van der Waals surface area contributed by atoms with Gasteiger partial charge in [-0.05, 0) is 18.6 Å². The number of nitrogens with one attached hydrogen (secondary N) is 2. The van der Waals surface area contributed by atoms with Gasteiger partial charge in [-0.25, -0.2) is 0 Å². The molecule has 0 bridgehead atoms. The summed E-state index contributed by atoms with van der Waals surface area (Å²) in [5.41, 5.74) is 0.484. The van der Waals surface area contributed by atoms with Crippen molar-refractivity contribution >= 4 is 18.1 Å². The molecule has 5 nitrogen and oxygen atoms in total. The van der Waals surface area contributed by atoms with Crippen LogP contribution in [0.3, 0.4) is 0 Å². The fraction of sp³-hybridized carbons (Fsp3) is 0.308. The van der Waals surface area contributed by atoms with Crippen molar-refractivity contribution in [2.75, 3.05) is 7.05 Å². The van der Waals surface area contributed by atoms with Gasteiger partial charge < -0.3 is 15.4 Å². The van der Waals surface area contributed by atoms with Crippen molar-refractivity contribution in [1.29, 1.82) is 0 Å². The predicted molar refractivity (Wildman–Crippen MR) is 67.1 cm³/mol. The Hall–Kier alpha value is -2.17. The highest BCUT2D eigenvalue weighted by Gasteiger charge is 2.19. The lowest BCUT2D eigenvalue weighted by Crippen LogP contribution is -2.45. The highest BCUT2D eigenvalue weighted by atomic mass is 16.2. The summed E-state index contributed by atoms with van der Waals surface area (Å²) in [6.45, 7) is 0. The summed E-state index contributed by atoms with van der Waals surface area (Å²) < 4.78 is 0. The zero-order chi connectivity index (χ0) is 13.4. The average molecular weight is 248 g/mol. The number of likely N-dealkylation sites (N-methyl/N-ethyl adjacent to an activating group) is 1. The molecule has 0 spiro atoms. The number of rotatable bonds is 6. The number of carbonyl (C=O) groups is 3. The lowest BCUT2D eigenvalue weighted by atomic mass is 10.1. The molecule has 18 heavy (non-hydrogen) atoms. The summed E-state index contributed by atoms with van der Waals surface area (Å²) in [7, 11) is 1.49. The van der Waals surface area contributed by atoms with Crippen molar-refractivity contribution in [2.24, 2.45) is 0 Å². The van der Waals surface area contributed by atoms with Gasteiger partial charge in [0.25, 0.3) is 5.91 Å². The molecule has 0 aliphatic heterocycles. The smallest absolute Gasteiger partial charge is 0.251 e. The van der Waals surface area contributed by atoms with Gasteiger partial charge in [0.15, 0.2) is 0 Å². The molecule has 96 valence electrons. The van der Waals surface area contributed by atoms with Crippen LogP contribution >= 0.6 is 0 Å². The molecule has 1 aromatic rings. The second kappa shape index (κ2) is 7.21. The van der Waals surface area contributed by atoms with Crippen LogP contribution in [0.5, 0.6) is 0 Å². The first kappa shape index (κ1) is 13.9. The molecule has 1 aromatic carbocycles. The zero-order valence-electron chi connectivity index (χ0n) is 10.2. The molecule has 5 heteroatoms. The van der Waals surface area contributed by atoms with E-state index in [0.29, 0.717) is 12.0 Å². The maximum Gasteiger partial charge on any atom is 0.251 e. The molecule has 1 atom stereocenters. The van der Waals surface area contributed by atoms with Crippen LogP contribution in [0.25, 0.3) is 0 Å². The zero-order valence-corrected chi connectivity index (χ0v) is 10.2. The number of hydrogen-bond donors (Lipinski definition) is 2. The predicted octanol–water partition coefficient (Wildman–Crippen LogP) is 0.510. The Bertz CT molecular complexity index is 418. The summed E-state index contributed by atoms with van der Waals surface area (Å²) >= 11 is 0. The van der Waals surface area contributed by atoms with Gasteiger partial charge >= 0.3 is 0 Å². The third kappa shape index (κ3) is 4.01. The number of amides is 2. The van der Waals surface area contributed by atoms with E-state index >= 15 is 0 Å². The Kier molecular flexibility index (Phi) is 5.57. The fourth-order valence-corrected chi connectivity index (χ4v) is 1.51. The van der Waals surface area contributed by atoms with Crippen molar-refractivity contribution in [1.82, 2.24) is 10.6 Å². The quantitative estimate of drug-likeness (QED) is 0.720. The Labute approximate surface area is 106 Å². The van der Waals surface area contributed by atoms with Crippen LogP contribution in [-0.4, -0.2) is 31.2 Å². The second-order valence-corrected chi connectivity index (χ2v) is 3.75. The molecule has 1 unspecified atom stereocenters. The molecule has 0 aromatic heterocycles. The number of hydrogen-bond acceptors (Lipinski definition) is 3. The van der Waals surface area contributed by atoms with E-state index in [2.05, 4.69) is 10.6 Å². The van der Waals surface area contributed by atoms with Crippen LogP contribution in [-0.2, 0) is 9.59 Å². The molecule has 0 fully saturated rings. The van der Waals surface area contributed by atoms with Gasteiger partial charge in [0.05, 0.1) is 0 Å². The van der Waals surface area contributed by atoms with Gasteiger partial charge in [0.1, 0.15) is 12.3 Å². The van der Waals surface area contributed by atoms with Crippen LogP contribution in [0.4, 0.5) is 0 Å². The third-order valence-corrected chi connectivity index (χ3v) is 2.48. The molecular formula is C13H16N2O3. The van der Waals surface area contributed by atoms with E-state index in [0.717, 1.165) is 6.29 Å². The van der Waals surface area contributed by atoms with E-state index in [1.165, 1.54) is 7.05 Å². The molecule has 0 radical (unpaired) electrons. The van der Waals surface area contributed by atoms with Crippen LogP contribution in [0.1, 0.15) is 23.2 Å². The van der Waals surface area contributed by atoms with Crippen LogP contribution in [0, 0.1) is 0 Å². The number of aldehydes is 1. The molecule has 0 heterocycles. The van der Waals surface area contributed by atoms with Gasteiger partial charge in [-0.3, -0.25) is 9.59 Å². The van der Waals surface area contributed by atoms with Crippen molar-refractivity contribution in [3.05, 3.63) is 35.9 Å². The summed E-state index contributed by atoms with van der Waals surface area (Å²) in [6, 6.07) is 7.93. The summed E-state index contributed by atoms with van der Waals surface area (Å²) in [6.07, 6.45) is 1.25. The number of benzene rings is 1. The fourth-order valence-electron chi connectivity index (χ4n) is 1.51. The SMILES string of the molecule is CNC(=O)C(CCC=O)NC(=O)c1ccccc1. The highest BCUT2D eigenvalue weighted by Crippen LogP contribution is 2.02. The minimum Gasteiger partial charge on any atom is -0.357 e. The molecular weight excluding hydrogens is 232 g/mol. The number of carbonyl (C=O) groups excluding carboxylic acids is 3. The molecule has 0 saturated carbocycles. The third-order valence-electron chi connectivity index (χ3n) is 2.48. The molecule has 0 aliphatic carbocycles. The largest absolute Gasteiger partial charge is 0.357 e. The van der Waals surface area contributed by atoms with Crippen LogP contribution < -0.4 is 10.6 Å². The van der Waals surface area contributed by atoms with Gasteiger partial charge in [-0.1, -0.05) is 18.2 Å². The first-order valence-corrected chi connectivity index (χ1v) is 5.70. The Morgan fingerprint density at radius 1 is 1.28 bits per heavy atom. The van der Waals surface area contributed by atoms with Gasteiger partial charge in [0, 0.05) is 19.0 Å². The monoisotopic (exact) mass is 248 g/mol. The normalized spacial score (nSPS) is 11.4. The van der Waals surface area contributed by atoms with Crippen molar-refractivity contribution in [3.8, 4) is 0 Å². The lowest BCUT2D eigenvalue weighted by Gasteiger charge is -2.16. The van der Waals surface area contributed by atoms with Crippen LogP contribution in [0.15, 0.2) is 30.3 Å². The Morgan fingerprint density at radius 3 is 2.50 bits per heavy atom. The molecule has 1 rings (SSSR count).